The lowest BCUT2D eigenvalue weighted by atomic mass is 9.75. The number of hydrogen-bond donors (Lipinski definition) is 0. The minimum atomic E-state index is 0.128. The number of carbonyl (C=O) groups excluding carboxylic acids is 1. The number of fused-ring (bicyclic) bond motifs is 2. The van der Waals surface area contributed by atoms with Gasteiger partial charge in [-0.25, -0.2) is 0 Å². The zero-order chi connectivity index (χ0) is 21.0. The molecule has 2 saturated heterocycles. The summed E-state index contributed by atoms with van der Waals surface area (Å²) in [5.74, 6) is 1.99. The molecule has 0 N–H and O–H groups in total. The van der Waals surface area contributed by atoms with Crippen LogP contribution >= 0.6 is 0 Å². The molecular weight excluding hydrogens is 382 g/mol. The highest BCUT2D eigenvalue weighted by atomic mass is 16.5. The average Bonchev–Trinajstić information content (AvgIpc) is 2.80. The quantitative estimate of drug-likeness (QED) is 0.434. The number of nitrogens with zero attached hydrogens (tertiary/aromatic N) is 1. The Hall–Kier alpha value is -2.91. The lowest BCUT2D eigenvalue weighted by Gasteiger charge is -2.48. The molecule has 0 radical (unpaired) electrons. The van der Waals surface area contributed by atoms with Crippen molar-refractivity contribution in [1.29, 1.82) is 0 Å². The molecule has 2 aliphatic heterocycles. The molecule has 5 rings (SSSR count). The molecule has 31 heavy (non-hydrogen) atoms. The Labute approximate surface area is 184 Å². The summed E-state index contributed by atoms with van der Waals surface area (Å²) in [6, 6.07) is 29.2. The van der Waals surface area contributed by atoms with Gasteiger partial charge in [0.15, 0.2) is 5.78 Å². The van der Waals surface area contributed by atoms with Gasteiger partial charge in [-0.2, -0.15) is 0 Å². The van der Waals surface area contributed by atoms with Crippen molar-refractivity contribution in [2.45, 2.75) is 50.7 Å². The number of carbonyl (C=O) groups is 1. The second-order valence-electron chi connectivity index (χ2n) is 8.87. The minimum Gasteiger partial charge on any atom is -0.457 e. The third-order valence-electron chi connectivity index (χ3n) is 6.82. The molecule has 2 heterocycles. The molecule has 2 fully saturated rings. The highest BCUT2D eigenvalue weighted by Gasteiger charge is 2.40. The molecular formula is C28H29NO2. The van der Waals surface area contributed by atoms with Crippen LogP contribution in [0.3, 0.4) is 0 Å². The summed E-state index contributed by atoms with van der Waals surface area (Å²) in [5.41, 5.74) is 2.18. The summed E-state index contributed by atoms with van der Waals surface area (Å²) in [5, 5.41) is 0. The van der Waals surface area contributed by atoms with E-state index < -0.39 is 0 Å². The van der Waals surface area contributed by atoms with Crippen molar-refractivity contribution in [3.8, 4) is 11.5 Å². The van der Waals surface area contributed by atoms with E-state index >= 15 is 0 Å². The predicted octanol–water partition coefficient (Wildman–Crippen LogP) is 6.49. The van der Waals surface area contributed by atoms with E-state index in [-0.39, 0.29) is 5.92 Å². The van der Waals surface area contributed by atoms with Crippen molar-refractivity contribution >= 4 is 5.78 Å². The fourth-order valence-electron chi connectivity index (χ4n) is 5.29. The maximum absolute atomic E-state index is 13.3. The number of ether oxygens (including phenoxy) is 1. The first-order valence-electron chi connectivity index (χ1n) is 11.4. The molecule has 3 heteroatoms. The Balaban J connectivity index is 1.25. The molecule has 158 valence electrons. The maximum atomic E-state index is 13.3. The van der Waals surface area contributed by atoms with Crippen LogP contribution in [0.2, 0.25) is 0 Å². The molecule has 2 atom stereocenters. The van der Waals surface area contributed by atoms with Gasteiger partial charge in [-0.3, -0.25) is 9.69 Å². The van der Waals surface area contributed by atoms with Gasteiger partial charge in [0.25, 0.3) is 0 Å². The van der Waals surface area contributed by atoms with Crippen LogP contribution in [0.4, 0.5) is 0 Å². The molecule has 3 aromatic carbocycles. The van der Waals surface area contributed by atoms with E-state index in [0.29, 0.717) is 17.9 Å². The number of para-hydroxylation sites is 1. The van der Waals surface area contributed by atoms with Crippen molar-refractivity contribution < 1.29 is 9.53 Å². The van der Waals surface area contributed by atoms with Gasteiger partial charge in [0.05, 0.1) is 0 Å². The molecule has 0 aromatic heterocycles. The minimum absolute atomic E-state index is 0.128. The maximum Gasteiger partial charge on any atom is 0.166 e. The van der Waals surface area contributed by atoms with Gasteiger partial charge in [0.1, 0.15) is 11.5 Å². The topological polar surface area (TPSA) is 29.5 Å². The summed E-state index contributed by atoms with van der Waals surface area (Å²) in [7, 11) is 0. The molecule has 0 aliphatic carbocycles. The highest BCUT2D eigenvalue weighted by molar-refractivity contribution is 5.98. The monoisotopic (exact) mass is 411 g/mol. The van der Waals surface area contributed by atoms with Crippen LogP contribution in [0.1, 0.15) is 48.0 Å². The number of hydrogen-bond acceptors (Lipinski definition) is 3. The van der Waals surface area contributed by atoms with E-state index in [1.807, 2.05) is 54.6 Å². The first-order chi connectivity index (χ1) is 15.3. The van der Waals surface area contributed by atoms with Crippen molar-refractivity contribution in [1.82, 2.24) is 4.90 Å². The van der Waals surface area contributed by atoms with Crippen molar-refractivity contribution in [2.24, 2.45) is 5.92 Å². The molecule has 2 aliphatic rings. The van der Waals surface area contributed by atoms with Crippen LogP contribution in [0.5, 0.6) is 11.5 Å². The predicted molar refractivity (Wildman–Crippen MR) is 123 cm³/mol. The van der Waals surface area contributed by atoms with E-state index in [4.69, 9.17) is 4.74 Å². The molecule has 2 bridgehead atoms. The molecule has 3 nitrogen and oxygen atoms in total. The Kier molecular flexibility index (Phi) is 5.86. The third kappa shape index (κ3) is 4.57. The van der Waals surface area contributed by atoms with Crippen molar-refractivity contribution in [3.05, 3.63) is 96.1 Å². The lowest BCUT2D eigenvalue weighted by Crippen LogP contribution is -2.52. The SMILES string of the molecule is O=C(c1ccc(Oc2ccccc2)cc1)C1CC2CCCC(C1)N2Cc1ccccc1. The van der Waals surface area contributed by atoms with Gasteiger partial charge in [0, 0.05) is 30.1 Å². The normalized spacial score (nSPS) is 23.3. The zero-order valence-electron chi connectivity index (χ0n) is 17.8. The molecule has 0 amide bonds. The Morgan fingerprint density at radius 2 is 1.35 bits per heavy atom. The second kappa shape index (κ2) is 9.07. The smallest absolute Gasteiger partial charge is 0.166 e. The fourth-order valence-corrected chi connectivity index (χ4v) is 5.29. The van der Waals surface area contributed by atoms with Crippen LogP contribution in [0.25, 0.3) is 0 Å². The number of piperidine rings is 2. The van der Waals surface area contributed by atoms with Gasteiger partial charge < -0.3 is 4.74 Å². The standard InChI is InChI=1S/C28H29NO2/c30-28(22-14-16-27(17-15-22)31-26-12-5-2-6-13-26)23-18-24-10-7-11-25(19-23)29(24)20-21-8-3-1-4-9-21/h1-6,8-9,12-17,23-25H,7,10-11,18-20H2. The van der Waals surface area contributed by atoms with Crippen molar-refractivity contribution in [3.63, 3.8) is 0 Å². The zero-order valence-corrected chi connectivity index (χ0v) is 17.8. The summed E-state index contributed by atoms with van der Waals surface area (Å²) in [6.45, 7) is 1.00. The molecule has 0 spiro atoms. The number of benzene rings is 3. The van der Waals surface area contributed by atoms with Crippen LogP contribution in [0, 0.1) is 5.92 Å². The van der Waals surface area contributed by atoms with Gasteiger partial charge in [0.2, 0.25) is 0 Å². The Bertz CT molecular complexity index is 986. The Morgan fingerprint density at radius 1 is 0.774 bits per heavy atom. The number of rotatable bonds is 6. The number of ketones is 1. The van der Waals surface area contributed by atoms with Crippen molar-refractivity contribution in [2.75, 3.05) is 0 Å². The van der Waals surface area contributed by atoms with Crippen LogP contribution in [-0.4, -0.2) is 22.8 Å². The van der Waals surface area contributed by atoms with Crippen LogP contribution < -0.4 is 4.74 Å². The largest absolute Gasteiger partial charge is 0.457 e. The molecule has 0 saturated carbocycles. The van der Waals surface area contributed by atoms with Gasteiger partial charge in [-0.15, -0.1) is 0 Å². The third-order valence-corrected chi connectivity index (χ3v) is 6.82. The first kappa shape index (κ1) is 20.0. The van der Waals surface area contributed by atoms with E-state index in [1.165, 1.54) is 24.8 Å². The van der Waals surface area contributed by atoms with Gasteiger partial charge in [-0.1, -0.05) is 55.0 Å². The Morgan fingerprint density at radius 3 is 2.00 bits per heavy atom. The molecule has 2 unspecified atom stereocenters. The van der Waals surface area contributed by atoms with Crippen LogP contribution in [0.15, 0.2) is 84.9 Å². The summed E-state index contributed by atoms with van der Waals surface area (Å²) >= 11 is 0. The highest BCUT2D eigenvalue weighted by Crippen LogP contribution is 2.39. The molecule has 3 aromatic rings. The van der Waals surface area contributed by atoms with E-state index in [9.17, 15) is 4.79 Å². The van der Waals surface area contributed by atoms with Crippen LogP contribution in [-0.2, 0) is 6.54 Å². The van der Waals surface area contributed by atoms with Gasteiger partial charge >= 0.3 is 0 Å². The average molecular weight is 412 g/mol. The van der Waals surface area contributed by atoms with E-state index in [1.54, 1.807) is 0 Å². The fraction of sp³-hybridized carbons (Fsp3) is 0.321. The summed E-state index contributed by atoms with van der Waals surface area (Å²) in [6.07, 6.45) is 5.65. The van der Waals surface area contributed by atoms with Gasteiger partial charge in [-0.05, 0) is 67.6 Å². The summed E-state index contributed by atoms with van der Waals surface area (Å²) < 4.78 is 5.87. The number of Topliss-reactive ketones (excluding diaryl/α,β-unsaturated/α-hetero) is 1. The first-order valence-corrected chi connectivity index (χ1v) is 11.4. The van der Waals surface area contributed by atoms with E-state index in [0.717, 1.165) is 36.4 Å². The van der Waals surface area contributed by atoms with E-state index in [2.05, 4.69) is 35.2 Å². The lowest BCUT2D eigenvalue weighted by molar-refractivity contribution is 0.00906. The summed E-state index contributed by atoms with van der Waals surface area (Å²) in [4.78, 5) is 16.0. The second-order valence-corrected chi connectivity index (χ2v) is 8.87.